The minimum Gasteiger partial charge on any atom is -0.283 e. The van der Waals surface area contributed by atoms with Gasteiger partial charge in [0.2, 0.25) is 0 Å². The first-order valence-corrected chi connectivity index (χ1v) is 11.7. The van der Waals surface area contributed by atoms with Crippen LogP contribution in [0.2, 0.25) is 0 Å². The third-order valence-electron chi connectivity index (χ3n) is 5.93. The molecule has 3 aromatic rings. The van der Waals surface area contributed by atoms with Crippen LogP contribution in [0, 0.1) is 0 Å². The Hall–Kier alpha value is -3.79. The van der Waals surface area contributed by atoms with E-state index in [-0.39, 0.29) is 16.6 Å². The fourth-order valence-corrected chi connectivity index (χ4v) is 3.84. The predicted molar refractivity (Wildman–Crippen MR) is 143 cm³/mol. The van der Waals surface area contributed by atoms with Crippen molar-refractivity contribution in [2.24, 2.45) is 0 Å². The molecule has 0 aliphatic carbocycles. The number of anilines is 1. The molecule has 0 N–H and O–H groups in total. The minimum absolute atomic E-state index is 0.140. The predicted octanol–water partition coefficient (Wildman–Crippen LogP) is 6.74. The highest BCUT2D eigenvalue weighted by Gasteiger charge is 2.35. The van der Waals surface area contributed by atoms with Crippen molar-refractivity contribution in [3.05, 3.63) is 108 Å². The van der Waals surface area contributed by atoms with Gasteiger partial charge in [0.1, 0.15) is 0 Å². The molecule has 0 bridgehead atoms. The van der Waals surface area contributed by atoms with Gasteiger partial charge in [-0.15, -0.1) is 0 Å². The first-order chi connectivity index (χ1) is 16.3. The summed E-state index contributed by atoms with van der Waals surface area (Å²) >= 11 is 0. The van der Waals surface area contributed by atoms with Gasteiger partial charge in [-0.1, -0.05) is 121 Å². The van der Waals surface area contributed by atoms with Crippen LogP contribution in [0.15, 0.2) is 85.4 Å². The SMILES string of the molecule is C=C(C(=O)N(C(=O)C(=O)c1ccccc1)c1cc(C(C)(C)C)ccc1C(C)(C)C)c1ccccc1. The minimum atomic E-state index is -0.908. The molecule has 4 nitrogen and oxygen atoms in total. The number of benzene rings is 3. The molecule has 0 fully saturated rings. The van der Waals surface area contributed by atoms with Crippen LogP contribution in [-0.2, 0) is 20.4 Å². The lowest BCUT2D eigenvalue weighted by Gasteiger charge is -2.31. The van der Waals surface area contributed by atoms with Gasteiger partial charge in [0.25, 0.3) is 11.7 Å². The largest absolute Gasteiger partial charge is 0.306 e. The Balaban J connectivity index is 2.25. The van der Waals surface area contributed by atoms with Crippen molar-refractivity contribution < 1.29 is 14.4 Å². The number of Topliss-reactive ketones (excluding diaryl/α,β-unsaturated/α-hetero) is 1. The van der Waals surface area contributed by atoms with E-state index in [1.165, 1.54) is 0 Å². The Bertz CT molecular complexity index is 1200. The average molecular weight is 468 g/mol. The van der Waals surface area contributed by atoms with Crippen molar-refractivity contribution in [1.29, 1.82) is 0 Å². The standard InChI is InChI=1S/C31H33NO3/c1-21(22-14-10-8-11-15-22)28(34)32(29(35)27(33)23-16-12-9-13-17-23)26-20-24(30(2,3)4)18-19-25(26)31(5,6)7/h8-20H,1H2,2-7H3. The number of hydrogen-bond acceptors (Lipinski definition) is 3. The van der Waals surface area contributed by atoms with Gasteiger partial charge in [0.15, 0.2) is 0 Å². The van der Waals surface area contributed by atoms with Crippen LogP contribution in [0.1, 0.15) is 68.6 Å². The van der Waals surface area contributed by atoms with Gasteiger partial charge in [-0.05, 0) is 33.6 Å². The maximum Gasteiger partial charge on any atom is 0.306 e. The second kappa shape index (κ2) is 9.83. The van der Waals surface area contributed by atoms with Gasteiger partial charge < -0.3 is 0 Å². The molecule has 35 heavy (non-hydrogen) atoms. The Morgan fingerprint density at radius 3 is 1.66 bits per heavy atom. The Morgan fingerprint density at radius 1 is 0.657 bits per heavy atom. The first-order valence-electron chi connectivity index (χ1n) is 11.7. The lowest BCUT2D eigenvalue weighted by molar-refractivity contribution is -0.121. The van der Waals surface area contributed by atoms with Crippen molar-refractivity contribution in [1.82, 2.24) is 0 Å². The number of hydrogen-bond donors (Lipinski definition) is 0. The van der Waals surface area contributed by atoms with Crippen molar-refractivity contribution >= 4 is 28.9 Å². The Labute approximate surface area is 208 Å². The fraction of sp³-hybridized carbons (Fsp3) is 0.258. The van der Waals surface area contributed by atoms with Gasteiger partial charge in [0.05, 0.1) is 5.69 Å². The van der Waals surface area contributed by atoms with Crippen molar-refractivity contribution in [3.63, 3.8) is 0 Å². The van der Waals surface area contributed by atoms with E-state index in [4.69, 9.17) is 0 Å². The molecule has 0 saturated carbocycles. The number of rotatable bonds is 5. The highest BCUT2D eigenvalue weighted by Crippen LogP contribution is 2.37. The fourth-order valence-electron chi connectivity index (χ4n) is 3.84. The molecule has 4 heteroatoms. The molecule has 0 aromatic heterocycles. The van der Waals surface area contributed by atoms with Crippen molar-refractivity contribution in [2.75, 3.05) is 4.90 Å². The summed E-state index contributed by atoms with van der Waals surface area (Å²) in [5, 5.41) is 0. The van der Waals surface area contributed by atoms with Crippen LogP contribution in [0.3, 0.4) is 0 Å². The van der Waals surface area contributed by atoms with E-state index in [0.717, 1.165) is 16.0 Å². The number of amides is 2. The van der Waals surface area contributed by atoms with Crippen LogP contribution in [0.5, 0.6) is 0 Å². The number of ketones is 1. The van der Waals surface area contributed by atoms with E-state index in [9.17, 15) is 14.4 Å². The number of imide groups is 1. The van der Waals surface area contributed by atoms with Gasteiger partial charge in [0, 0.05) is 11.1 Å². The summed E-state index contributed by atoms with van der Waals surface area (Å²) < 4.78 is 0. The monoisotopic (exact) mass is 467 g/mol. The molecule has 0 saturated heterocycles. The third-order valence-corrected chi connectivity index (χ3v) is 5.93. The van der Waals surface area contributed by atoms with E-state index in [2.05, 4.69) is 27.4 Å². The normalized spacial score (nSPS) is 11.6. The quantitative estimate of drug-likeness (QED) is 0.237. The number of carbonyl (C=O) groups excluding carboxylic acids is 3. The molecule has 0 unspecified atom stereocenters. The number of nitrogens with zero attached hydrogens (tertiary/aromatic N) is 1. The molecule has 3 rings (SSSR count). The zero-order chi connectivity index (χ0) is 26.0. The van der Waals surface area contributed by atoms with Gasteiger partial charge in [-0.25, -0.2) is 4.90 Å². The third kappa shape index (κ3) is 5.65. The molecule has 180 valence electrons. The summed E-state index contributed by atoms with van der Waals surface area (Å²) in [6, 6.07) is 23.1. The van der Waals surface area contributed by atoms with Gasteiger partial charge in [-0.3, -0.25) is 14.4 Å². The second-order valence-electron chi connectivity index (χ2n) is 10.7. The van der Waals surface area contributed by atoms with Crippen LogP contribution in [0.4, 0.5) is 5.69 Å². The van der Waals surface area contributed by atoms with Gasteiger partial charge >= 0.3 is 5.91 Å². The van der Waals surface area contributed by atoms with E-state index in [1.807, 2.05) is 45.0 Å². The zero-order valence-electron chi connectivity index (χ0n) is 21.4. The summed E-state index contributed by atoms with van der Waals surface area (Å²) in [5.74, 6) is -2.28. The summed E-state index contributed by atoms with van der Waals surface area (Å²) in [6.07, 6.45) is 0. The molecule has 2 amide bonds. The molecule has 0 aliphatic rings. The first kappa shape index (κ1) is 25.8. The zero-order valence-corrected chi connectivity index (χ0v) is 21.4. The lowest BCUT2D eigenvalue weighted by Crippen LogP contribution is -2.43. The van der Waals surface area contributed by atoms with E-state index >= 15 is 0 Å². The second-order valence-corrected chi connectivity index (χ2v) is 10.7. The topological polar surface area (TPSA) is 54.5 Å². The Kier molecular flexibility index (Phi) is 7.25. The van der Waals surface area contributed by atoms with Crippen LogP contribution < -0.4 is 4.90 Å². The lowest BCUT2D eigenvalue weighted by atomic mass is 9.80. The highest BCUT2D eigenvalue weighted by atomic mass is 16.2. The van der Waals surface area contributed by atoms with E-state index in [0.29, 0.717) is 11.3 Å². The average Bonchev–Trinajstić information content (AvgIpc) is 2.83. The van der Waals surface area contributed by atoms with E-state index in [1.54, 1.807) is 54.6 Å². The Morgan fingerprint density at radius 2 is 1.17 bits per heavy atom. The molecule has 0 atom stereocenters. The molecular formula is C31H33NO3. The molecule has 0 spiro atoms. The maximum atomic E-state index is 13.9. The van der Waals surface area contributed by atoms with Gasteiger partial charge in [-0.2, -0.15) is 0 Å². The molecule has 0 heterocycles. The summed E-state index contributed by atoms with van der Waals surface area (Å²) in [6.45, 7) is 16.2. The maximum absolute atomic E-state index is 13.9. The van der Waals surface area contributed by atoms with Crippen LogP contribution in [0.25, 0.3) is 5.57 Å². The summed E-state index contributed by atoms with van der Waals surface area (Å²) in [5.41, 5.74) is 2.47. The smallest absolute Gasteiger partial charge is 0.283 e. The van der Waals surface area contributed by atoms with Crippen LogP contribution in [-0.4, -0.2) is 17.6 Å². The molecule has 0 aliphatic heterocycles. The molecule has 0 radical (unpaired) electrons. The summed E-state index contributed by atoms with van der Waals surface area (Å²) in [7, 11) is 0. The van der Waals surface area contributed by atoms with Crippen molar-refractivity contribution in [2.45, 2.75) is 52.4 Å². The van der Waals surface area contributed by atoms with Crippen molar-refractivity contribution in [3.8, 4) is 0 Å². The summed E-state index contributed by atoms with van der Waals surface area (Å²) in [4.78, 5) is 42.0. The van der Waals surface area contributed by atoms with E-state index < -0.39 is 23.0 Å². The molecular weight excluding hydrogens is 434 g/mol. The molecule has 3 aromatic carbocycles. The highest BCUT2D eigenvalue weighted by molar-refractivity contribution is 6.54. The van der Waals surface area contributed by atoms with Crippen LogP contribution >= 0.6 is 0 Å². The number of carbonyl (C=O) groups is 3.